The minimum absolute atomic E-state index is 0.0251. The highest BCUT2D eigenvalue weighted by molar-refractivity contribution is 6.31. The molecule has 17 heavy (non-hydrogen) atoms. The van der Waals surface area contributed by atoms with Crippen molar-refractivity contribution in [3.63, 3.8) is 0 Å². The van der Waals surface area contributed by atoms with E-state index in [0.29, 0.717) is 18.1 Å². The van der Waals surface area contributed by atoms with Crippen molar-refractivity contribution in [3.05, 3.63) is 28.8 Å². The maximum atomic E-state index is 11.3. The number of hydrogen-bond donors (Lipinski definition) is 2. The molecule has 0 radical (unpaired) electrons. The van der Waals surface area contributed by atoms with Gasteiger partial charge in [0.25, 0.3) is 0 Å². The number of likely N-dealkylation sites (N-methyl/N-ethyl adjacent to an activating group) is 2. The number of halogens is 1. The van der Waals surface area contributed by atoms with E-state index in [2.05, 4.69) is 10.6 Å². The van der Waals surface area contributed by atoms with Gasteiger partial charge in [-0.3, -0.25) is 4.79 Å². The second kappa shape index (κ2) is 6.47. The van der Waals surface area contributed by atoms with Gasteiger partial charge in [-0.2, -0.15) is 0 Å². The van der Waals surface area contributed by atoms with E-state index in [9.17, 15) is 4.79 Å². The molecule has 0 aliphatic rings. The molecule has 0 spiro atoms. The Morgan fingerprint density at radius 2 is 2.12 bits per heavy atom. The lowest BCUT2D eigenvalue weighted by Gasteiger charge is -2.22. The third kappa shape index (κ3) is 3.61. The molecule has 0 atom stereocenters. The number of carbonyl (C=O) groups is 1. The van der Waals surface area contributed by atoms with E-state index in [4.69, 9.17) is 11.6 Å². The molecule has 0 saturated heterocycles. The zero-order valence-corrected chi connectivity index (χ0v) is 11.1. The van der Waals surface area contributed by atoms with E-state index in [-0.39, 0.29) is 5.91 Å². The Morgan fingerprint density at radius 1 is 1.41 bits per heavy atom. The van der Waals surface area contributed by atoms with Crippen molar-refractivity contribution in [1.29, 1.82) is 0 Å². The van der Waals surface area contributed by atoms with Crippen LogP contribution in [0.25, 0.3) is 0 Å². The molecule has 1 aromatic carbocycles. The fourth-order valence-corrected chi connectivity index (χ4v) is 1.87. The molecule has 0 bridgehead atoms. The smallest absolute Gasteiger partial charge is 0.239 e. The number of amides is 1. The lowest BCUT2D eigenvalue weighted by atomic mass is 10.1. The normalized spacial score (nSPS) is 10.1. The van der Waals surface area contributed by atoms with Crippen LogP contribution in [-0.4, -0.2) is 33.6 Å². The highest BCUT2D eigenvalue weighted by atomic mass is 35.5. The molecule has 4 nitrogen and oxygen atoms in total. The van der Waals surface area contributed by atoms with Gasteiger partial charge in [0.2, 0.25) is 5.91 Å². The van der Waals surface area contributed by atoms with Crippen molar-refractivity contribution in [2.45, 2.75) is 6.54 Å². The summed E-state index contributed by atoms with van der Waals surface area (Å²) in [6, 6.07) is 5.70. The quantitative estimate of drug-likeness (QED) is 0.832. The molecule has 0 fully saturated rings. The molecule has 1 aromatic rings. The molecule has 0 heterocycles. The van der Waals surface area contributed by atoms with Gasteiger partial charge in [-0.25, -0.2) is 0 Å². The average molecular weight is 256 g/mol. The fraction of sp³-hybridized carbons (Fsp3) is 0.417. The van der Waals surface area contributed by atoms with E-state index >= 15 is 0 Å². The summed E-state index contributed by atoms with van der Waals surface area (Å²) < 4.78 is 0. The largest absolute Gasteiger partial charge is 0.365 e. The van der Waals surface area contributed by atoms with Crippen LogP contribution in [0.5, 0.6) is 0 Å². The predicted molar refractivity (Wildman–Crippen MR) is 71.6 cm³/mol. The van der Waals surface area contributed by atoms with Gasteiger partial charge < -0.3 is 15.5 Å². The molecule has 0 unspecified atom stereocenters. The highest BCUT2D eigenvalue weighted by Gasteiger charge is 2.12. The maximum Gasteiger partial charge on any atom is 0.239 e. The number of hydrogen-bond acceptors (Lipinski definition) is 3. The first-order chi connectivity index (χ1) is 8.10. The summed E-state index contributed by atoms with van der Waals surface area (Å²) in [4.78, 5) is 13.2. The zero-order valence-electron chi connectivity index (χ0n) is 10.4. The summed E-state index contributed by atoms with van der Waals surface area (Å²) in [6.07, 6.45) is 0. The Bertz CT molecular complexity index is 395. The fourth-order valence-electron chi connectivity index (χ4n) is 1.64. The molecule has 94 valence electrons. The molecule has 0 aliphatic heterocycles. The second-order valence-electron chi connectivity index (χ2n) is 3.80. The minimum atomic E-state index is -0.0251. The van der Waals surface area contributed by atoms with E-state index < -0.39 is 0 Å². The second-order valence-corrected chi connectivity index (χ2v) is 4.20. The predicted octanol–water partition coefficient (Wildman–Crippen LogP) is 1.24. The monoisotopic (exact) mass is 255 g/mol. The van der Waals surface area contributed by atoms with Crippen molar-refractivity contribution in [3.8, 4) is 0 Å². The number of nitrogens with one attached hydrogen (secondary N) is 2. The van der Waals surface area contributed by atoms with Crippen LogP contribution in [0.15, 0.2) is 18.2 Å². The van der Waals surface area contributed by atoms with Crippen molar-refractivity contribution >= 4 is 23.2 Å². The van der Waals surface area contributed by atoms with Crippen LogP contribution in [0, 0.1) is 0 Å². The summed E-state index contributed by atoms with van der Waals surface area (Å²) in [7, 11) is 5.37. The van der Waals surface area contributed by atoms with Crippen molar-refractivity contribution in [2.75, 3.05) is 32.6 Å². The zero-order chi connectivity index (χ0) is 12.8. The molecule has 2 N–H and O–H groups in total. The topological polar surface area (TPSA) is 44.4 Å². The Morgan fingerprint density at radius 3 is 2.71 bits per heavy atom. The van der Waals surface area contributed by atoms with Crippen LogP contribution in [0.2, 0.25) is 5.02 Å². The van der Waals surface area contributed by atoms with Crippen LogP contribution in [0.1, 0.15) is 5.56 Å². The van der Waals surface area contributed by atoms with Crippen molar-refractivity contribution in [2.24, 2.45) is 0 Å². The van der Waals surface area contributed by atoms with Crippen molar-refractivity contribution in [1.82, 2.24) is 10.6 Å². The molecule has 1 amide bonds. The summed E-state index contributed by atoms with van der Waals surface area (Å²) in [5, 5.41) is 6.39. The Balaban J connectivity index is 2.95. The summed E-state index contributed by atoms with van der Waals surface area (Å²) in [5.41, 5.74) is 1.97. The summed E-state index contributed by atoms with van der Waals surface area (Å²) in [5.74, 6) is -0.0251. The number of rotatable bonds is 5. The molecular formula is C12H18ClN3O. The first-order valence-corrected chi connectivity index (χ1v) is 5.81. The standard InChI is InChI=1S/C12H18ClN3O/c1-14-7-9-10(13)5-4-6-11(9)16(3)8-12(17)15-2/h4-6,14H,7-8H2,1-3H3,(H,15,17). The maximum absolute atomic E-state index is 11.3. The Hall–Kier alpha value is -1.26. The van der Waals surface area contributed by atoms with Gasteiger partial charge >= 0.3 is 0 Å². The molecule has 0 aromatic heterocycles. The van der Waals surface area contributed by atoms with Gasteiger partial charge in [-0.15, -0.1) is 0 Å². The Kier molecular flexibility index (Phi) is 5.25. The van der Waals surface area contributed by atoms with Gasteiger partial charge in [-0.1, -0.05) is 17.7 Å². The van der Waals surface area contributed by atoms with Crippen LogP contribution in [-0.2, 0) is 11.3 Å². The molecule has 0 saturated carbocycles. The number of anilines is 1. The summed E-state index contributed by atoms with van der Waals surface area (Å²) in [6.45, 7) is 0.987. The van der Waals surface area contributed by atoms with E-state index in [1.165, 1.54) is 0 Å². The van der Waals surface area contributed by atoms with Crippen LogP contribution in [0.4, 0.5) is 5.69 Å². The average Bonchev–Trinajstić information content (AvgIpc) is 2.31. The third-order valence-electron chi connectivity index (χ3n) is 2.52. The van der Waals surface area contributed by atoms with Crippen LogP contribution in [0.3, 0.4) is 0 Å². The molecule has 5 heteroatoms. The minimum Gasteiger partial charge on any atom is -0.365 e. The number of benzene rings is 1. The SMILES string of the molecule is CNCc1c(Cl)cccc1N(C)CC(=O)NC. The van der Waals surface area contributed by atoms with E-state index in [0.717, 1.165) is 11.3 Å². The first-order valence-electron chi connectivity index (χ1n) is 5.43. The van der Waals surface area contributed by atoms with E-state index in [1.807, 2.05) is 37.2 Å². The van der Waals surface area contributed by atoms with Gasteiger partial charge in [0, 0.05) is 36.9 Å². The van der Waals surface area contributed by atoms with E-state index in [1.54, 1.807) is 7.05 Å². The van der Waals surface area contributed by atoms with Gasteiger partial charge in [0.1, 0.15) is 0 Å². The van der Waals surface area contributed by atoms with Crippen molar-refractivity contribution < 1.29 is 4.79 Å². The molecule has 1 rings (SSSR count). The number of carbonyl (C=O) groups excluding carboxylic acids is 1. The number of nitrogens with zero attached hydrogens (tertiary/aromatic N) is 1. The van der Waals surface area contributed by atoms with Gasteiger partial charge in [-0.05, 0) is 19.2 Å². The van der Waals surface area contributed by atoms with Crippen LogP contribution >= 0.6 is 11.6 Å². The molecular weight excluding hydrogens is 238 g/mol. The highest BCUT2D eigenvalue weighted by Crippen LogP contribution is 2.26. The van der Waals surface area contributed by atoms with Gasteiger partial charge in [0.15, 0.2) is 0 Å². The Labute approximate surface area is 107 Å². The summed E-state index contributed by atoms with van der Waals surface area (Å²) >= 11 is 6.16. The third-order valence-corrected chi connectivity index (χ3v) is 2.87. The van der Waals surface area contributed by atoms with Crippen LogP contribution < -0.4 is 15.5 Å². The first kappa shape index (κ1) is 13.8. The lowest BCUT2D eigenvalue weighted by Crippen LogP contribution is -2.33. The lowest BCUT2D eigenvalue weighted by molar-refractivity contribution is -0.119. The van der Waals surface area contributed by atoms with Gasteiger partial charge in [0.05, 0.1) is 6.54 Å². The molecule has 0 aliphatic carbocycles.